The van der Waals surface area contributed by atoms with Gasteiger partial charge in [0, 0.05) is 36.2 Å². The van der Waals surface area contributed by atoms with Crippen molar-refractivity contribution in [1.82, 2.24) is 9.80 Å². The maximum Gasteiger partial charge on any atom is 0.227 e. The molecule has 3 aromatic carbocycles. The van der Waals surface area contributed by atoms with Gasteiger partial charge in [-0.05, 0) is 66.9 Å². The highest BCUT2D eigenvalue weighted by molar-refractivity contribution is 6.31. The second kappa shape index (κ2) is 9.16. The van der Waals surface area contributed by atoms with Gasteiger partial charge in [-0.3, -0.25) is 9.69 Å². The number of likely N-dealkylation sites (tertiary alicyclic amines) is 2. The van der Waals surface area contributed by atoms with E-state index < -0.39 is 0 Å². The molecule has 1 amide bonds. The Morgan fingerprint density at radius 2 is 1.67 bits per heavy atom. The molecule has 2 bridgehead atoms. The molecule has 0 radical (unpaired) electrons. The minimum atomic E-state index is -0.298. The van der Waals surface area contributed by atoms with Crippen molar-refractivity contribution in [1.29, 1.82) is 0 Å². The topological polar surface area (TPSA) is 32.8 Å². The number of piperazine rings is 1. The smallest absolute Gasteiger partial charge is 0.227 e. The summed E-state index contributed by atoms with van der Waals surface area (Å²) in [5, 5.41) is 0.799. The normalized spacial score (nSPS) is 20.8. The van der Waals surface area contributed by atoms with Crippen molar-refractivity contribution in [2.45, 2.75) is 37.9 Å². The first-order valence-electron chi connectivity index (χ1n) is 11.3. The van der Waals surface area contributed by atoms with Crippen LogP contribution in [0, 0.1) is 5.82 Å². The van der Waals surface area contributed by atoms with Gasteiger partial charge in [0.1, 0.15) is 17.3 Å². The van der Waals surface area contributed by atoms with Crippen LogP contribution in [-0.4, -0.2) is 40.9 Å². The number of ether oxygens (including phenoxy) is 1. The molecule has 0 N–H and O–H groups in total. The summed E-state index contributed by atoms with van der Waals surface area (Å²) in [6.45, 7) is 3.85. The van der Waals surface area contributed by atoms with Crippen LogP contribution in [0.25, 0.3) is 0 Å². The molecule has 2 aliphatic heterocycles. The van der Waals surface area contributed by atoms with Gasteiger partial charge in [0.15, 0.2) is 0 Å². The van der Waals surface area contributed by atoms with Crippen LogP contribution in [0.2, 0.25) is 5.02 Å². The van der Waals surface area contributed by atoms with Crippen molar-refractivity contribution in [3.63, 3.8) is 0 Å². The van der Waals surface area contributed by atoms with E-state index in [0.29, 0.717) is 24.0 Å². The summed E-state index contributed by atoms with van der Waals surface area (Å²) < 4.78 is 18.8. The number of hydrogen-bond donors (Lipinski definition) is 0. The lowest BCUT2D eigenvalue weighted by atomic mass is 10.1. The SMILES string of the molecule is CC(c1ccccc1Cl)N1CC2CC1CN2C(=O)Cc1ccc(Oc2ccc(F)cc2)cc1. The fourth-order valence-electron chi connectivity index (χ4n) is 5.06. The van der Waals surface area contributed by atoms with Crippen LogP contribution in [0.3, 0.4) is 0 Å². The zero-order valence-corrected chi connectivity index (χ0v) is 19.2. The van der Waals surface area contributed by atoms with Crippen LogP contribution in [-0.2, 0) is 11.2 Å². The third-order valence-electron chi connectivity index (χ3n) is 6.78. The summed E-state index contributed by atoms with van der Waals surface area (Å²) in [4.78, 5) is 17.6. The Morgan fingerprint density at radius 3 is 2.30 bits per heavy atom. The summed E-state index contributed by atoms with van der Waals surface area (Å²) in [5.74, 6) is 1.10. The van der Waals surface area contributed by atoms with E-state index in [4.69, 9.17) is 16.3 Å². The molecule has 3 atom stereocenters. The van der Waals surface area contributed by atoms with Gasteiger partial charge in [-0.2, -0.15) is 0 Å². The van der Waals surface area contributed by atoms with Crippen LogP contribution in [0.5, 0.6) is 11.5 Å². The van der Waals surface area contributed by atoms with Crippen LogP contribution < -0.4 is 4.74 Å². The Hall–Kier alpha value is -2.89. The first-order chi connectivity index (χ1) is 16.0. The highest BCUT2D eigenvalue weighted by Gasteiger charge is 2.46. The Labute approximate surface area is 198 Å². The zero-order chi connectivity index (χ0) is 22.9. The van der Waals surface area contributed by atoms with Crippen LogP contribution in [0.4, 0.5) is 4.39 Å². The summed E-state index contributed by atoms with van der Waals surface area (Å²) in [5.41, 5.74) is 2.10. The molecule has 3 aromatic rings. The highest BCUT2D eigenvalue weighted by Crippen LogP contribution is 2.38. The Morgan fingerprint density at radius 1 is 1.00 bits per heavy atom. The number of carbonyl (C=O) groups is 1. The minimum absolute atomic E-state index is 0.166. The second-order valence-corrected chi connectivity index (χ2v) is 9.27. The van der Waals surface area contributed by atoms with E-state index in [-0.39, 0.29) is 23.8 Å². The average Bonchev–Trinajstić information content (AvgIpc) is 3.43. The Bertz CT molecular complexity index is 1140. The fourth-order valence-corrected chi connectivity index (χ4v) is 5.35. The molecular weight excluding hydrogens is 439 g/mol. The first kappa shape index (κ1) is 21.9. The van der Waals surface area contributed by atoms with Crippen molar-refractivity contribution in [3.8, 4) is 11.5 Å². The summed E-state index contributed by atoms with van der Waals surface area (Å²) in [7, 11) is 0. The van der Waals surface area contributed by atoms with Gasteiger partial charge in [-0.25, -0.2) is 4.39 Å². The predicted octanol–water partition coefficient (Wildman–Crippen LogP) is 5.86. The van der Waals surface area contributed by atoms with E-state index in [1.165, 1.54) is 12.1 Å². The lowest BCUT2D eigenvalue weighted by Crippen LogP contribution is -2.49. The first-order valence-corrected chi connectivity index (χ1v) is 11.7. The number of benzene rings is 3. The maximum atomic E-state index is 13.0. The van der Waals surface area contributed by atoms with Crippen LogP contribution >= 0.6 is 11.6 Å². The van der Waals surface area contributed by atoms with E-state index in [2.05, 4.69) is 17.9 Å². The molecule has 4 nitrogen and oxygen atoms in total. The van der Waals surface area contributed by atoms with Crippen molar-refractivity contribution in [2.75, 3.05) is 13.1 Å². The number of nitrogens with zero attached hydrogens (tertiary/aromatic N) is 2. The van der Waals surface area contributed by atoms with E-state index in [1.807, 2.05) is 47.4 Å². The number of halogens is 2. The lowest BCUT2D eigenvalue weighted by molar-refractivity contribution is -0.133. The highest BCUT2D eigenvalue weighted by atomic mass is 35.5. The van der Waals surface area contributed by atoms with Crippen molar-refractivity contribution in [2.24, 2.45) is 0 Å². The molecule has 2 heterocycles. The summed E-state index contributed by atoms with van der Waals surface area (Å²) in [6, 6.07) is 22.3. The molecule has 3 unspecified atom stereocenters. The van der Waals surface area contributed by atoms with Gasteiger partial charge in [-0.1, -0.05) is 41.9 Å². The third kappa shape index (κ3) is 4.61. The number of fused-ring (bicyclic) bond motifs is 2. The lowest BCUT2D eigenvalue weighted by Gasteiger charge is -2.38. The third-order valence-corrected chi connectivity index (χ3v) is 7.13. The largest absolute Gasteiger partial charge is 0.457 e. The monoisotopic (exact) mass is 464 g/mol. The van der Waals surface area contributed by atoms with Gasteiger partial charge in [-0.15, -0.1) is 0 Å². The zero-order valence-electron chi connectivity index (χ0n) is 18.5. The number of hydrogen-bond acceptors (Lipinski definition) is 3. The van der Waals surface area contributed by atoms with Crippen molar-refractivity contribution >= 4 is 17.5 Å². The fraction of sp³-hybridized carbons (Fsp3) is 0.296. The van der Waals surface area contributed by atoms with E-state index >= 15 is 0 Å². The standard InChI is InChI=1S/C27H26ClFN2O2/c1-18(25-4-2-3-5-26(25)28)30-16-22-15-21(30)17-31(22)27(32)14-19-6-10-23(11-7-19)33-24-12-8-20(29)9-13-24/h2-13,18,21-22H,14-17H2,1H3. The van der Waals surface area contributed by atoms with E-state index in [1.54, 1.807) is 12.1 Å². The van der Waals surface area contributed by atoms with Crippen LogP contribution in [0.15, 0.2) is 72.8 Å². The molecule has 6 heteroatoms. The van der Waals surface area contributed by atoms with Crippen LogP contribution in [0.1, 0.15) is 30.5 Å². The predicted molar refractivity (Wildman–Crippen MR) is 127 cm³/mol. The summed E-state index contributed by atoms with van der Waals surface area (Å²) >= 11 is 6.42. The van der Waals surface area contributed by atoms with E-state index in [9.17, 15) is 9.18 Å². The minimum Gasteiger partial charge on any atom is -0.457 e. The number of amides is 1. The molecule has 2 saturated heterocycles. The van der Waals surface area contributed by atoms with E-state index in [0.717, 1.165) is 35.7 Å². The van der Waals surface area contributed by atoms with Crippen molar-refractivity contribution < 1.29 is 13.9 Å². The molecule has 2 fully saturated rings. The molecular formula is C27H26ClFN2O2. The Balaban J connectivity index is 1.17. The van der Waals surface area contributed by atoms with Gasteiger partial charge in [0.05, 0.1) is 6.42 Å². The van der Waals surface area contributed by atoms with Gasteiger partial charge in [0.25, 0.3) is 0 Å². The number of carbonyl (C=O) groups excluding carboxylic acids is 1. The second-order valence-electron chi connectivity index (χ2n) is 8.86. The Kier molecular flexibility index (Phi) is 6.09. The number of rotatable bonds is 6. The molecule has 5 rings (SSSR count). The molecule has 2 aliphatic rings. The average molecular weight is 465 g/mol. The molecule has 0 aromatic heterocycles. The molecule has 0 spiro atoms. The van der Waals surface area contributed by atoms with Gasteiger partial charge in [0.2, 0.25) is 5.91 Å². The van der Waals surface area contributed by atoms with Gasteiger partial charge < -0.3 is 9.64 Å². The quantitative estimate of drug-likeness (QED) is 0.458. The molecule has 0 saturated carbocycles. The molecule has 170 valence electrons. The summed E-state index contributed by atoms with van der Waals surface area (Å²) in [6.07, 6.45) is 1.39. The van der Waals surface area contributed by atoms with Crippen molar-refractivity contribution in [3.05, 3.63) is 94.8 Å². The van der Waals surface area contributed by atoms with Gasteiger partial charge >= 0.3 is 0 Å². The molecule has 33 heavy (non-hydrogen) atoms. The maximum absolute atomic E-state index is 13.0. The molecule has 0 aliphatic carbocycles.